The van der Waals surface area contributed by atoms with Gasteiger partial charge in [-0.15, -0.1) is 0 Å². The Morgan fingerprint density at radius 3 is 2.78 bits per heavy atom. The van der Waals surface area contributed by atoms with E-state index in [4.69, 9.17) is 15.0 Å². The molecular weight excluding hydrogens is 230 g/mol. The molecule has 5 heteroatoms. The van der Waals surface area contributed by atoms with E-state index in [1.165, 1.54) is 25.7 Å². The zero-order valence-electron chi connectivity index (χ0n) is 11.3. The van der Waals surface area contributed by atoms with Gasteiger partial charge in [-0.1, -0.05) is 24.9 Å². The van der Waals surface area contributed by atoms with Gasteiger partial charge in [0, 0.05) is 19.6 Å². The van der Waals surface area contributed by atoms with E-state index in [0.717, 1.165) is 6.42 Å². The van der Waals surface area contributed by atoms with Crippen molar-refractivity contribution in [3.63, 3.8) is 0 Å². The van der Waals surface area contributed by atoms with Gasteiger partial charge in [-0.05, 0) is 25.2 Å². The van der Waals surface area contributed by atoms with Gasteiger partial charge in [0.2, 0.25) is 11.7 Å². The largest absolute Gasteiger partial charge is 0.373 e. The molecule has 2 unspecified atom stereocenters. The summed E-state index contributed by atoms with van der Waals surface area (Å²) in [5, 5.41) is 3.97. The number of rotatable bonds is 6. The molecule has 2 atom stereocenters. The van der Waals surface area contributed by atoms with Crippen molar-refractivity contribution >= 4 is 0 Å². The van der Waals surface area contributed by atoms with Crippen molar-refractivity contribution < 1.29 is 9.26 Å². The SMILES string of the molecule is CCC(OC)c1noc(CC(N)C2CCCC2)n1. The van der Waals surface area contributed by atoms with Crippen molar-refractivity contribution in [2.75, 3.05) is 7.11 Å². The van der Waals surface area contributed by atoms with E-state index in [1.54, 1.807) is 7.11 Å². The van der Waals surface area contributed by atoms with E-state index < -0.39 is 0 Å². The van der Waals surface area contributed by atoms with Crippen LogP contribution in [0.3, 0.4) is 0 Å². The molecule has 1 fully saturated rings. The van der Waals surface area contributed by atoms with Crippen LogP contribution < -0.4 is 5.73 Å². The Morgan fingerprint density at radius 2 is 2.17 bits per heavy atom. The normalized spacial score (nSPS) is 20.2. The summed E-state index contributed by atoms with van der Waals surface area (Å²) in [6, 6.07) is 0.142. The fourth-order valence-corrected chi connectivity index (χ4v) is 2.69. The molecule has 1 saturated carbocycles. The molecule has 1 aromatic heterocycles. The number of hydrogen-bond donors (Lipinski definition) is 1. The molecule has 0 amide bonds. The highest BCUT2D eigenvalue weighted by Crippen LogP contribution is 2.28. The summed E-state index contributed by atoms with van der Waals surface area (Å²) >= 11 is 0. The lowest BCUT2D eigenvalue weighted by Crippen LogP contribution is -2.30. The second-order valence-corrected chi connectivity index (χ2v) is 5.09. The van der Waals surface area contributed by atoms with Crippen molar-refractivity contribution in [3.05, 3.63) is 11.7 Å². The van der Waals surface area contributed by atoms with Crippen molar-refractivity contribution in [1.82, 2.24) is 10.1 Å². The van der Waals surface area contributed by atoms with Gasteiger partial charge in [-0.2, -0.15) is 4.98 Å². The summed E-state index contributed by atoms with van der Waals surface area (Å²) < 4.78 is 10.5. The molecule has 0 radical (unpaired) electrons. The average molecular weight is 253 g/mol. The van der Waals surface area contributed by atoms with Crippen LogP contribution in [0.2, 0.25) is 0 Å². The minimum Gasteiger partial charge on any atom is -0.373 e. The molecule has 1 heterocycles. The lowest BCUT2D eigenvalue weighted by Gasteiger charge is -2.16. The number of nitrogens with zero attached hydrogens (tertiary/aromatic N) is 2. The summed E-state index contributed by atoms with van der Waals surface area (Å²) in [7, 11) is 1.66. The Hall–Kier alpha value is -0.940. The van der Waals surface area contributed by atoms with E-state index in [9.17, 15) is 0 Å². The van der Waals surface area contributed by atoms with Gasteiger partial charge < -0.3 is 15.0 Å². The minimum atomic E-state index is -0.0785. The number of aromatic nitrogens is 2. The van der Waals surface area contributed by atoms with Gasteiger partial charge in [0.15, 0.2) is 0 Å². The van der Waals surface area contributed by atoms with Crippen molar-refractivity contribution in [1.29, 1.82) is 0 Å². The maximum absolute atomic E-state index is 6.20. The van der Waals surface area contributed by atoms with E-state index in [2.05, 4.69) is 10.1 Å². The molecule has 0 saturated heterocycles. The highest BCUT2D eigenvalue weighted by molar-refractivity contribution is 4.94. The Morgan fingerprint density at radius 1 is 1.44 bits per heavy atom. The van der Waals surface area contributed by atoms with Crippen LogP contribution in [0.5, 0.6) is 0 Å². The third-order valence-corrected chi connectivity index (χ3v) is 3.84. The summed E-state index contributed by atoms with van der Waals surface area (Å²) in [4.78, 5) is 4.38. The van der Waals surface area contributed by atoms with Gasteiger partial charge in [-0.25, -0.2) is 0 Å². The van der Waals surface area contributed by atoms with Gasteiger partial charge in [0.1, 0.15) is 6.10 Å². The highest BCUT2D eigenvalue weighted by atomic mass is 16.5. The highest BCUT2D eigenvalue weighted by Gasteiger charge is 2.24. The first-order valence-corrected chi connectivity index (χ1v) is 6.85. The second-order valence-electron chi connectivity index (χ2n) is 5.09. The fourth-order valence-electron chi connectivity index (χ4n) is 2.69. The minimum absolute atomic E-state index is 0.0785. The van der Waals surface area contributed by atoms with Crippen LogP contribution >= 0.6 is 0 Å². The molecule has 1 aromatic rings. The van der Waals surface area contributed by atoms with Crippen LogP contribution in [0.15, 0.2) is 4.52 Å². The quantitative estimate of drug-likeness (QED) is 0.841. The van der Waals surface area contributed by atoms with E-state index in [-0.39, 0.29) is 12.1 Å². The summed E-state index contributed by atoms with van der Waals surface area (Å²) in [6.45, 7) is 2.04. The molecule has 0 aromatic carbocycles. The molecule has 0 bridgehead atoms. The zero-order chi connectivity index (χ0) is 13.0. The predicted molar refractivity (Wildman–Crippen MR) is 68.0 cm³/mol. The summed E-state index contributed by atoms with van der Waals surface area (Å²) in [5.41, 5.74) is 6.20. The van der Waals surface area contributed by atoms with Crippen LogP contribution in [0, 0.1) is 5.92 Å². The monoisotopic (exact) mass is 253 g/mol. The van der Waals surface area contributed by atoms with Crippen LogP contribution in [0.25, 0.3) is 0 Å². The van der Waals surface area contributed by atoms with Gasteiger partial charge in [0.25, 0.3) is 0 Å². The molecule has 0 spiro atoms. The standard InChI is InChI=1S/C13H23N3O2/c1-3-11(17-2)13-15-12(18-16-13)8-10(14)9-6-4-5-7-9/h9-11H,3-8,14H2,1-2H3. The molecule has 1 aliphatic rings. The van der Waals surface area contributed by atoms with Crippen molar-refractivity contribution in [2.24, 2.45) is 11.7 Å². The third-order valence-electron chi connectivity index (χ3n) is 3.84. The Kier molecular flexibility index (Phi) is 4.72. The van der Waals surface area contributed by atoms with Gasteiger partial charge in [0.05, 0.1) is 0 Å². The second kappa shape index (κ2) is 6.29. The molecule has 0 aliphatic heterocycles. The number of hydrogen-bond acceptors (Lipinski definition) is 5. The Labute approximate surface area is 108 Å². The Bertz CT molecular complexity index is 357. The van der Waals surface area contributed by atoms with Gasteiger partial charge >= 0.3 is 0 Å². The molecule has 5 nitrogen and oxygen atoms in total. The van der Waals surface area contributed by atoms with Crippen LogP contribution in [-0.2, 0) is 11.2 Å². The maximum Gasteiger partial charge on any atom is 0.228 e. The lowest BCUT2D eigenvalue weighted by atomic mass is 9.96. The summed E-state index contributed by atoms with van der Waals surface area (Å²) in [6.07, 6.45) is 6.51. The molecular formula is C13H23N3O2. The number of ether oxygens (including phenoxy) is 1. The molecule has 1 aliphatic carbocycles. The number of nitrogens with two attached hydrogens (primary N) is 1. The molecule has 18 heavy (non-hydrogen) atoms. The summed E-state index contributed by atoms with van der Waals surface area (Å²) in [5.74, 6) is 1.89. The zero-order valence-corrected chi connectivity index (χ0v) is 11.3. The molecule has 2 rings (SSSR count). The smallest absolute Gasteiger partial charge is 0.228 e. The van der Waals surface area contributed by atoms with Gasteiger partial charge in [-0.3, -0.25) is 0 Å². The van der Waals surface area contributed by atoms with Crippen LogP contribution in [0.1, 0.15) is 56.8 Å². The van der Waals surface area contributed by atoms with Crippen LogP contribution in [-0.4, -0.2) is 23.3 Å². The van der Waals surface area contributed by atoms with Crippen LogP contribution in [0.4, 0.5) is 0 Å². The molecule has 102 valence electrons. The maximum atomic E-state index is 6.20. The average Bonchev–Trinajstić information content (AvgIpc) is 3.01. The van der Waals surface area contributed by atoms with Crippen molar-refractivity contribution in [3.8, 4) is 0 Å². The number of methoxy groups -OCH3 is 1. The van der Waals surface area contributed by atoms with E-state index in [0.29, 0.717) is 24.1 Å². The lowest BCUT2D eigenvalue weighted by molar-refractivity contribution is 0.0903. The van der Waals surface area contributed by atoms with Crippen molar-refractivity contribution in [2.45, 2.75) is 57.6 Å². The van der Waals surface area contributed by atoms with E-state index >= 15 is 0 Å². The first-order valence-electron chi connectivity index (χ1n) is 6.85. The molecule has 2 N–H and O–H groups in total. The third kappa shape index (κ3) is 3.09. The van der Waals surface area contributed by atoms with E-state index in [1.807, 2.05) is 6.92 Å². The fraction of sp³-hybridized carbons (Fsp3) is 0.846. The first kappa shape index (κ1) is 13.5. The topological polar surface area (TPSA) is 74.2 Å². The first-order chi connectivity index (χ1) is 8.74. The Balaban J connectivity index is 1.93. The predicted octanol–water partition coefficient (Wildman–Crippen LogP) is 2.23.